The molecule has 0 aliphatic carbocycles. The standard InChI is InChI=1S/C16H16ClNO4/c1-16(2,3)22-15(20)18-13-6-4-10(8-12(13)17)14-7-5-11(9-19)21-14/h4-9H,1-3H3,(H,18,20). The number of benzene rings is 1. The van der Waals surface area contributed by atoms with Crippen LogP contribution in [-0.4, -0.2) is 18.0 Å². The van der Waals surface area contributed by atoms with Gasteiger partial charge in [0.15, 0.2) is 12.0 Å². The Balaban J connectivity index is 2.16. The minimum Gasteiger partial charge on any atom is -0.453 e. The van der Waals surface area contributed by atoms with Crippen LogP contribution in [0.3, 0.4) is 0 Å². The highest BCUT2D eigenvalue weighted by molar-refractivity contribution is 6.34. The lowest BCUT2D eigenvalue weighted by Crippen LogP contribution is -2.27. The van der Waals surface area contributed by atoms with Crippen molar-refractivity contribution in [3.05, 3.63) is 41.1 Å². The van der Waals surface area contributed by atoms with Gasteiger partial charge in [0.2, 0.25) is 0 Å². The van der Waals surface area contributed by atoms with Gasteiger partial charge < -0.3 is 9.15 Å². The number of furan rings is 1. The van der Waals surface area contributed by atoms with Crippen LogP contribution in [0.5, 0.6) is 0 Å². The molecule has 116 valence electrons. The highest BCUT2D eigenvalue weighted by Gasteiger charge is 2.17. The summed E-state index contributed by atoms with van der Waals surface area (Å²) in [5.74, 6) is 0.759. The van der Waals surface area contributed by atoms with Crippen LogP contribution in [0.25, 0.3) is 11.3 Å². The summed E-state index contributed by atoms with van der Waals surface area (Å²) in [7, 11) is 0. The number of halogens is 1. The van der Waals surface area contributed by atoms with E-state index in [0.29, 0.717) is 28.3 Å². The molecular formula is C16H16ClNO4. The molecule has 1 aromatic carbocycles. The Bertz CT molecular complexity index is 700. The van der Waals surface area contributed by atoms with E-state index in [9.17, 15) is 9.59 Å². The fourth-order valence-electron chi connectivity index (χ4n) is 1.75. The molecule has 1 heterocycles. The Hall–Kier alpha value is -2.27. The maximum Gasteiger partial charge on any atom is 0.412 e. The number of hydrogen-bond donors (Lipinski definition) is 1. The summed E-state index contributed by atoms with van der Waals surface area (Å²) >= 11 is 6.15. The lowest BCUT2D eigenvalue weighted by molar-refractivity contribution is 0.0636. The number of aldehydes is 1. The zero-order valence-corrected chi connectivity index (χ0v) is 13.2. The predicted molar refractivity (Wildman–Crippen MR) is 84.4 cm³/mol. The lowest BCUT2D eigenvalue weighted by atomic mass is 10.1. The second-order valence-electron chi connectivity index (χ2n) is 5.64. The van der Waals surface area contributed by atoms with Crippen LogP contribution in [0.4, 0.5) is 10.5 Å². The number of ether oxygens (including phenoxy) is 1. The van der Waals surface area contributed by atoms with E-state index in [1.165, 1.54) is 0 Å². The molecule has 5 nitrogen and oxygen atoms in total. The van der Waals surface area contributed by atoms with Crippen LogP contribution in [-0.2, 0) is 4.74 Å². The normalized spacial score (nSPS) is 11.1. The van der Waals surface area contributed by atoms with E-state index in [-0.39, 0.29) is 5.76 Å². The minimum absolute atomic E-state index is 0.238. The van der Waals surface area contributed by atoms with E-state index in [2.05, 4.69) is 5.32 Å². The number of carbonyl (C=O) groups excluding carboxylic acids is 2. The molecule has 0 atom stereocenters. The number of hydrogen-bond acceptors (Lipinski definition) is 4. The molecule has 0 saturated heterocycles. The number of amides is 1. The van der Waals surface area contributed by atoms with Gasteiger partial charge in [-0.15, -0.1) is 0 Å². The molecule has 0 aliphatic heterocycles. The van der Waals surface area contributed by atoms with Gasteiger partial charge in [0.25, 0.3) is 0 Å². The molecule has 6 heteroatoms. The maximum absolute atomic E-state index is 11.7. The molecule has 1 aromatic heterocycles. The first-order valence-corrected chi connectivity index (χ1v) is 7.01. The highest BCUT2D eigenvalue weighted by atomic mass is 35.5. The van der Waals surface area contributed by atoms with Crippen LogP contribution in [0.2, 0.25) is 5.02 Å². The number of anilines is 1. The van der Waals surface area contributed by atoms with E-state index >= 15 is 0 Å². The van der Waals surface area contributed by atoms with Crippen LogP contribution < -0.4 is 5.32 Å². The van der Waals surface area contributed by atoms with E-state index in [1.807, 2.05) is 0 Å². The molecule has 1 N–H and O–H groups in total. The predicted octanol–water partition coefficient (Wildman–Crippen LogP) is 4.76. The Labute approximate surface area is 133 Å². The summed E-state index contributed by atoms with van der Waals surface area (Å²) in [4.78, 5) is 22.4. The molecule has 0 radical (unpaired) electrons. The van der Waals surface area contributed by atoms with Crippen molar-refractivity contribution in [2.45, 2.75) is 26.4 Å². The topological polar surface area (TPSA) is 68.5 Å². The largest absolute Gasteiger partial charge is 0.453 e. The van der Waals surface area contributed by atoms with E-state index < -0.39 is 11.7 Å². The summed E-state index contributed by atoms with van der Waals surface area (Å²) in [6, 6.07) is 8.26. The number of carbonyl (C=O) groups is 2. The monoisotopic (exact) mass is 321 g/mol. The molecule has 2 rings (SSSR count). The van der Waals surface area contributed by atoms with Crippen molar-refractivity contribution in [2.24, 2.45) is 0 Å². The van der Waals surface area contributed by atoms with E-state index in [4.69, 9.17) is 20.8 Å². The average molecular weight is 322 g/mol. The maximum atomic E-state index is 11.7. The van der Waals surface area contributed by atoms with Gasteiger partial charge in [-0.2, -0.15) is 0 Å². The van der Waals surface area contributed by atoms with Gasteiger partial charge in [-0.25, -0.2) is 4.79 Å². The summed E-state index contributed by atoms with van der Waals surface area (Å²) in [6.45, 7) is 5.33. The first-order valence-electron chi connectivity index (χ1n) is 6.63. The Morgan fingerprint density at radius 1 is 1.27 bits per heavy atom. The summed E-state index contributed by atoms with van der Waals surface area (Å²) < 4.78 is 10.5. The molecule has 0 aliphatic rings. The second kappa shape index (κ2) is 6.23. The van der Waals surface area contributed by atoms with Gasteiger partial charge >= 0.3 is 6.09 Å². The SMILES string of the molecule is CC(C)(C)OC(=O)Nc1ccc(-c2ccc(C=O)o2)cc1Cl. The fourth-order valence-corrected chi connectivity index (χ4v) is 1.98. The van der Waals surface area contributed by atoms with Gasteiger partial charge in [-0.3, -0.25) is 10.1 Å². The summed E-state index contributed by atoms with van der Waals surface area (Å²) in [5.41, 5.74) is 0.547. The zero-order chi connectivity index (χ0) is 16.3. The average Bonchev–Trinajstić information content (AvgIpc) is 2.87. The minimum atomic E-state index is -0.587. The van der Waals surface area contributed by atoms with Gasteiger partial charge in [0, 0.05) is 5.56 Å². The lowest BCUT2D eigenvalue weighted by Gasteiger charge is -2.20. The third kappa shape index (κ3) is 4.11. The number of nitrogens with one attached hydrogen (secondary N) is 1. The quantitative estimate of drug-likeness (QED) is 0.827. The van der Waals surface area contributed by atoms with Gasteiger partial charge in [0.05, 0.1) is 10.7 Å². The third-order valence-electron chi connectivity index (χ3n) is 2.63. The van der Waals surface area contributed by atoms with Crippen LogP contribution >= 0.6 is 11.6 Å². The molecule has 0 saturated carbocycles. The van der Waals surface area contributed by atoms with Gasteiger partial charge in [0.1, 0.15) is 11.4 Å². The second-order valence-corrected chi connectivity index (χ2v) is 6.05. The Kier molecular flexibility index (Phi) is 4.56. The van der Waals surface area contributed by atoms with Gasteiger partial charge in [-0.05, 0) is 51.1 Å². The van der Waals surface area contributed by atoms with Crippen molar-refractivity contribution in [3.63, 3.8) is 0 Å². The summed E-state index contributed by atoms with van der Waals surface area (Å²) in [6.07, 6.45) is 0.0483. The molecule has 1 amide bonds. The van der Waals surface area contributed by atoms with Crippen LogP contribution in [0.15, 0.2) is 34.7 Å². The molecule has 22 heavy (non-hydrogen) atoms. The van der Waals surface area contributed by atoms with Gasteiger partial charge in [-0.1, -0.05) is 11.6 Å². The van der Waals surface area contributed by atoms with E-state index in [0.717, 1.165) is 0 Å². The van der Waals surface area contributed by atoms with Crippen molar-refractivity contribution >= 4 is 29.7 Å². The molecule has 0 unspecified atom stereocenters. The van der Waals surface area contributed by atoms with E-state index in [1.54, 1.807) is 51.1 Å². The number of rotatable bonds is 3. The van der Waals surface area contributed by atoms with Crippen molar-refractivity contribution in [2.75, 3.05) is 5.32 Å². The van der Waals surface area contributed by atoms with Crippen molar-refractivity contribution in [1.82, 2.24) is 0 Å². The first-order chi connectivity index (χ1) is 10.3. The molecule has 0 bridgehead atoms. The zero-order valence-electron chi connectivity index (χ0n) is 12.5. The molecule has 2 aromatic rings. The third-order valence-corrected chi connectivity index (χ3v) is 2.94. The van der Waals surface area contributed by atoms with Crippen molar-refractivity contribution in [3.8, 4) is 11.3 Å². The molecule has 0 fully saturated rings. The highest BCUT2D eigenvalue weighted by Crippen LogP contribution is 2.30. The molecule has 0 spiro atoms. The van der Waals surface area contributed by atoms with Crippen LogP contribution in [0.1, 0.15) is 31.3 Å². The summed E-state index contributed by atoms with van der Waals surface area (Å²) in [5, 5.41) is 2.92. The Morgan fingerprint density at radius 3 is 2.55 bits per heavy atom. The molecular weight excluding hydrogens is 306 g/mol. The Morgan fingerprint density at radius 2 is 2.00 bits per heavy atom. The fraction of sp³-hybridized carbons (Fsp3) is 0.250. The first kappa shape index (κ1) is 16.1. The van der Waals surface area contributed by atoms with Crippen molar-refractivity contribution in [1.29, 1.82) is 0 Å². The smallest absolute Gasteiger partial charge is 0.412 e. The van der Waals surface area contributed by atoms with Crippen LogP contribution in [0, 0.1) is 0 Å². The van der Waals surface area contributed by atoms with Crippen molar-refractivity contribution < 1.29 is 18.7 Å².